The Morgan fingerprint density at radius 2 is 1.86 bits per heavy atom. The van der Waals surface area contributed by atoms with Crippen LogP contribution in [0.5, 0.6) is 11.5 Å². The van der Waals surface area contributed by atoms with E-state index in [0.717, 1.165) is 23.6 Å². The van der Waals surface area contributed by atoms with Gasteiger partial charge in [0.15, 0.2) is 14.1 Å². The van der Waals surface area contributed by atoms with E-state index >= 15 is 0 Å². The summed E-state index contributed by atoms with van der Waals surface area (Å²) in [6.07, 6.45) is 3.60. The minimum Gasteiger partial charge on any atom is -0.494 e. The molecule has 1 aliphatic heterocycles. The number of nitrogens with zero attached hydrogens (tertiary/aromatic N) is 2. The number of fused-ring (bicyclic) bond motifs is 1. The molecule has 1 aromatic heterocycles. The van der Waals surface area contributed by atoms with Gasteiger partial charge < -0.3 is 44.0 Å². The Labute approximate surface area is 292 Å². The third kappa shape index (κ3) is 9.74. The predicted octanol–water partition coefficient (Wildman–Crippen LogP) is 4.10. The van der Waals surface area contributed by atoms with E-state index in [2.05, 4.69) is 10.6 Å². The number of carbonyl (C=O) groups excluding carboxylic acids is 4. The van der Waals surface area contributed by atoms with Crippen molar-refractivity contribution in [2.45, 2.75) is 58.9 Å². The zero-order chi connectivity index (χ0) is 36.2. The van der Waals surface area contributed by atoms with Gasteiger partial charge in [-0.25, -0.2) is 4.79 Å². The van der Waals surface area contributed by atoms with Crippen LogP contribution in [-0.2, 0) is 14.4 Å². The van der Waals surface area contributed by atoms with Crippen molar-refractivity contribution in [3.05, 3.63) is 59.9 Å². The van der Waals surface area contributed by atoms with Crippen molar-refractivity contribution in [3.63, 3.8) is 0 Å². The normalized spacial score (nSPS) is 13.5. The number of hydroxylamine groups is 2. The Hall–Kier alpha value is -4.65. The molecule has 0 spiro atoms. The van der Waals surface area contributed by atoms with Gasteiger partial charge in [0.2, 0.25) is 12.3 Å². The van der Waals surface area contributed by atoms with Gasteiger partial charge in [0.1, 0.15) is 23.9 Å². The van der Waals surface area contributed by atoms with Gasteiger partial charge in [0.05, 0.1) is 43.0 Å². The highest BCUT2D eigenvalue weighted by Crippen LogP contribution is 2.33. The number of benzene rings is 2. The maximum Gasteiger partial charge on any atom is 0.363 e. The van der Waals surface area contributed by atoms with Crippen molar-refractivity contribution in [2.75, 3.05) is 38.4 Å². The van der Waals surface area contributed by atoms with Gasteiger partial charge in [-0.2, -0.15) is 5.06 Å². The molecule has 2 aromatic carbocycles. The number of anilines is 1. The average molecular weight is 713 g/mol. The van der Waals surface area contributed by atoms with E-state index in [1.807, 2.05) is 18.9 Å². The van der Waals surface area contributed by atoms with Crippen LogP contribution in [0.3, 0.4) is 0 Å². The Morgan fingerprint density at radius 1 is 1.06 bits per heavy atom. The largest absolute Gasteiger partial charge is 0.494 e. The second-order valence-corrected chi connectivity index (χ2v) is 12.8. The molecule has 1 aliphatic rings. The van der Waals surface area contributed by atoms with Gasteiger partial charge in [-0.3, -0.25) is 14.4 Å². The lowest BCUT2D eigenvalue weighted by molar-refractivity contribution is -0.171. The minimum atomic E-state index is -2.38. The Balaban J connectivity index is 1.41. The van der Waals surface area contributed by atoms with E-state index < -0.39 is 38.1 Å². The predicted molar refractivity (Wildman–Crippen MR) is 187 cm³/mol. The van der Waals surface area contributed by atoms with Crippen molar-refractivity contribution in [1.82, 2.24) is 15.7 Å². The number of amides is 3. The molecule has 4 N–H and O–H groups in total. The Morgan fingerprint density at radius 3 is 2.56 bits per heavy atom. The van der Waals surface area contributed by atoms with Crippen molar-refractivity contribution in [1.29, 1.82) is 0 Å². The summed E-state index contributed by atoms with van der Waals surface area (Å²) in [4.78, 5) is 78.9. The molecule has 50 heavy (non-hydrogen) atoms. The molecule has 15 heteroatoms. The maximum atomic E-state index is 13.5. The van der Waals surface area contributed by atoms with E-state index in [9.17, 15) is 29.0 Å². The fourth-order valence-electron chi connectivity index (χ4n) is 5.69. The fraction of sp³-hybridized carbons (Fsp3) is 0.429. The first kappa shape index (κ1) is 38.2. The minimum absolute atomic E-state index is 0.0305. The van der Waals surface area contributed by atoms with Crippen molar-refractivity contribution < 1.29 is 47.7 Å². The number of furan rings is 1. The standard InChI is InChI=1S/C35H45N4O10P/c1-5-8-9-10-27(28(6-2)39(22-40)49-35(43)23-11-12-29-32(19-23)47-16-15-38(29)4)33(41)36-21-37-34(42)31-14-13-30(48-31)24-17-25(46-7-3)20-26(18-24)50(44)45/h11-14,17-20,22,27-28,44-45H,5-10,15-16,21H2,1-4H3,(H,36,41)(H,37,42). The molecule has 2 atom stereocenters. The van der Waals surface area contributed by atoms with E-state index in [1.54, 1.807) is 44.2 Å². The zero-order valence-corrected chi connectivity index (χ0v) is 29.6. The molecule has 0 bridgehead atoms. The number of carbonyl (C=O) groups is 4. The highest BCUT2D eigenvalue weighted by atomic mass is 31.2. The number of rotatable bonds is 18. The van der Waals surface area contributed by atoms with Gasteiger partial charge in [0.25, 0.3) is 5.91 Å². The van der Waals surface area contributed by atoms with Crippen LogP contribution in [0.4, 0.5) is 5.69 Å². The van der Waals surface area contributed by atoms with E-state index in [4.69, 9.17) is 18.7 Å². The molecule has 0 aliphatic carbocycles. The molecule has 270 valence electrons. The lowest BCUT2D eigenvalue weighted by Crippen LogP contribution is -2.49. The first-order valence-electron chi connectivity index (χ1n) is 16.7. The number of likely N-dealkylation sites (N-methyl/N-ethyl adjacent to an activating group) is 1. The van der Waals surface area contributed by atoms with Gasteiger partial charge in [-0.15, -0.1) is 0 Å². The van der Waals surface area contributed by atoms with Crippen LogP contribution in [0.25, 0.3) is 11.3 Å². The summed E-state index contributed by atoms with van der Waals surface area (Å²) in [5.41, 5.74) is 1.53. The summed E-state index contributed by atoms with van der Waals surface area (Å²) in [5.74, 6) is -1.29. The molecule has 2 heterocycles. The van der Waals surface area contributed by atoms with Crippen LogP contribution >= 0.6 is 8.38 Å². The van der Waals surface area contributed by atoms with Gasteiger partial charge in [-0.1, -0.05) is 33.1 Å². The van der Waals surface area contributed by atoms with Crippen LogP contribution < -0.4 is 30.3 Å². The third-order valence-corrected chi connectivity index (χ3v) is 9.03. The molecule has 3 aromatic rings. The molecule has 0 radical (unpaired) electrons. The summed E-state index contributed by atoms with van der Waals surface area (Å²) in [6.45, 7) is 6.95. The SMILES string of the molecule is CCCCCC(C(=O)NCNC(=O)c1ccc(-c2cc(OCC)cc(P(O)O)c2)o1)C(CC)N(C=O)OC(=O)c1ccc2c(c1)OCCN2C. The molecule has 0 saturated carbocycles. The number of ether oxygens (including phenoxy) is 2. The highest BCUT2D eigenvalue weighted by molar-refractivity contribution is 7.54. The summed E-state index contributed by atoms with van der Waals surface area (Å²) in [7, 11) is -0.459. The smallest absolute Gasteiger partial charge is 0.363 e. The van der Waals surface area contributed by atoms with Gasteiger partial charge in [-0.05, 0) is 68.3 Å². The first-order chi connectivity index (χ1) is 24.1. The summed E-state index contributed by atoms with van der Waals surface area (Å²) < 4.78 is 17.0. The zero-order valence-electron chi connectivity index (χ0n) is 28.7. The fourth-order valence-corrected chi connectivity index (χ4v) is 6.19. The van der Waals surface area contributed by atoms with E-state index in [1.165, 1.54) is 18.2 Å². The van der Waals surface area contributed by atoms with Crippen molar-refractivity contribution in [2.24, 2.45) is 5.92 Å². The second kappa shape index (κ2) is 18.4. The van der Waals surface area contributed by atoms with Crippen LogP contribution in [-0.4, -0.2) is 78.6 Å². The van der Waals surface area contributed by atoms with E-state index in [0.29, 0.717) is 68.3 Å². The van der Waals surface area contributed by atoms with Crippen LogP contribution in [0.2, 0.25) is 0 Å². The Bertz CT molecular complexity index is 1630. The average Bonchev–Trinajstić information content (AvgIpc) is 3.61. The summed E-state index contributed by atoms with van der Waals surface area (Å²) in [5, 5.41) is 6.49. The van der Waals surface area contributed by atoms with Crippen LogP contribution in [0.15, 0.2) is 52.9 Å². The topological polar surface area (TPSA) is 180 Å². The molecule has 2 unspecified atom stereocenters. The monoisotopic (exact) mass is 712 g/mol. The lowest BCUT2D eigenvalue weighted by Gasteiger charge is -2.32. The van der Waals surface area contributed by atoms with Gasteiger partial charge in [0, 0.05) is 17.9 Å². The molecule has 14 nitrogen and oxygen atoms in total. The molecular formula is C35H45N4O10P. The summed E-state index contributed by atoms with van der Waals surface area (Å²) >= 11 is 0. The van der Waals surface area contributed by atoms with Crippen molar-refractivity contribution >= 4 is 43.6 Å². The maximum absolute atomic E-state index is 13.5. The van der Waals surface area contributed by atoms with Crippen molar-refractivity contribution in [3.8, 4) is 22.8 Å². The van der Waals surface area contributed by atoms with E-state index in [-0.39, 0.29) is 23.3 Å². The lowest BCUT2D eigenvalue weighted by atomic mass is 9.90. The molecular weight excluding hydrogens is 667 g/mol. The molecule has 0 saturated heterocycles. The molecule has 4 rings (SSSR count). The third-order valence-electron chi connectivity index (χ3n) is 8.31. The first-order valence-corrected chi connectivity index (χ1v) is 17.9. The molecule has 0 fully saturated rings. The molecule has 3 amide bonds. The number of hydrogen-bond donors (Lipinski definition) is 4. The highest BCUT2D eigenvalue weighted by Gasteiger charge is 2.34. The van der Waals surface area contributed by atoms with Gasteiger partial charge >= 0.3 is 5.97 Å². The number of nitrogens with one attached hydrogen (secondary N) is 2. The Kier molecular flexibility index (Phi) is 14.0. The van der Waals surface area contributed by atoms with Crippen LogP contribution in [0.1, 0.15) is 73.8 Å². The van der Waals surface area contributed by atoms with Crippen LogP contribution in [0, 0.1) is 5.92 Å². The summed E-state index contributed by atoms with van der Waals surface area (Å²) in [6, 6.07) is 11.9. The second-order valence-electron chi connectivity index (χ2n) is 11.7. The number of unbranched alkanes of at least 4 members (excludes halogenated alkanes) is 2. The quantitative estimate of drug-likeness (QED) is 0.0490. The number of hydrogen-bond acceptors (Lipinski definition) is 11.